The second-order valence-electron chi connectivity index (χ2n) is 6.12. The van der Waals surface area contributed by atoms with E-state index in [2.05, 4.69) is 12.2 Å². The number of rotatable bonds is 6. The molecule has 1 fully saturated rings. The van der Waals surface area contributed by atoms with Crippen LogP contribution in [0.15, 0.2) is 27.4 Å². The van der Waals surface area contributed by atoms with Gasteiger partial charge in [0.25, 0.3) is 0 Å². The maximum absolute atomic E-state index is 12.6. The first kappa shape index (κ1) is 17.0. The van der Waals surface area contributed by atoms with E-state index in [4.69, 9.17) is 16.0 Å². The molecule has 2 aromatic rings. The minimum atomic E-state index is -0.454. The second-order valence-corrected chi connectivity index (χ2v) is 6.55. The molecule has 1 N–H and O–H groups in total. The van der Waals surface area contributed by atoms with E-state index in [9.17, 15) is 9.59 Å². The van der Waals surface area contributed by atoms with Gasteiger partial charge in [0.1, 0.15) is 0 Å². The Hall–Kier alpha value is -1.79. The zero-order valence-corrected chi connectivity index (χ0v) is 14.5. The number of fused-ring (bicyclic) bond motifs is 1. The summed E-state index contributed by atoms with van der Waals surface area (Å²) in [5.74, 6) is -0.370. The summed E-state index contributed by atoms with van der Waals surface area (Å²) in [6.07, 6.45) is 2.20. The Labute approximate surface area is 145 Å². The van der Waals surface area contributed by atoms with Crippen molar-refractivity contribution >= 4 is 28.6 Å². The number of nitrogens with zero attached hydrogens (tertiary/aromatic N) is 2. The first-order valence-electron chi connectivity index (χ1n) is 8.39. The van der Waals surface area contributed by atoms with Gasteiger partial charge >= 0.3 is 5.76 Å². The highest BCUT2D eigenvalue weighted by Crippen LogP contribution is 2.19. The van der Waals surface area contributed by atoms with Crippen LogP contribution < -0.4 is 11.1 Å². The number of aryl methyl sites for hydroxylation is 1. The first-order chi connectivity index (χ1) is 11.6. The zero-order valence-electron chi connectivity index (χ0n) is 13.8. The Morgan fingerprint density at radius 3 is 3.04 bits per heavy atom. The highest BCUT2D eigenvalue weighted by atomic mass is 35.5. The molecular weight excluding hydrogens is 330 g/mol. The summed E-state index contributed by atoms with van der Waals surface area (Å²) in [5.41, 5.74) is 1.12. The fourth-order valence-corrected chi connectivity index (χ4v) is 3.42. The van der Waals surface area contributed by atoms with Crippen molar-refractivity contribution < 1.29 is 9.21 Å². The average Bonchev–Trinajstić information content (AvgIpc) is 3.17. The van der Waals surface area contributed by atoms with Crippen LogP contribution in [0.2, 0.25) is 5.02 Å². The van der Waals surface area contributed by atoms with Crippen LogP contribution in [-0.2, 0) is 11.3 Å². The third-order valence-corrected chi connectivity index (χ3v) is 4.67. The van der Waals surface area contributed by atoms with Gasteiger partial charge in [-0.05, 0) is 31.5 Å². The molecular formula is C17H22ClN3O3. The highest BCUT2D eigenvalue weighted by Gasteiger charge is 2.25. The van der Waals surface area contributed by atoms with Crippen molar-refractivity contribution in [2.45, 2.75) is 38.8 Å². The summed E-state index contributed by atoms with van der Waals surface area (Å²) in [5, 5.41) is 3.81. The number of halogens is 1. The lowest BCUT2D eigenvalue weighted by Gasteiger charge is -2.28. The molecule has 0 radical (unpaired) electrons. The molecule has 1 amide bonds. The molecule has 1 aliphatic heterocycles. The number of carbonyl (C=O) groups excluding carboxylic acids is 1. The largest absolute Gasteiger partial charge is 0.419 e. The maximum atomic E-state index is 12.6. The van der Waals surface area contributed by atoms with E-state index >= 15 is 0 Å². The third kappa shape index (κ3) is 3.49. The van der Waals surface area contributed by atoms with E-state index in [1.165, 1.54) is 4.57 Å². The maximum Gasteiger partial charge on any atom is 0.419 e. The van der Waals surface area contributed by atoms with Crippen molar-refractivity contribution in [1.82, 2.24) is 14.8 Å². The fraction of sp³-hybridized carbons (Fsp3) is 0.529. The summed E-state index contributed by atoms with van der Waals surface area (Å²) in [7, 11) is 0. The molecule has 7 heteroatoms. The minimum Gasteiger partial charge on any atom is -0.408 e. The van der Waals surface area contributed by atoms with Gasteiger partial charge in [0, 0.05) is 43.2 Å². The molecule has 2 heterocycles. The predicted octanol–water partition coefficient (Wildman–Crippen LogP) is 2.24. The lowest BCUT2D eigenvalue weighted by Crippen LogP contribution is -2.42. The number of nitrogens with one attached hydrogen (secondary N) is 1. The van der Waals surface area contributed by atoms with E-state index in [-0.39, 0.29) is 18.4 Å². The summed E-state index contributed by atoms with van der Waals surface area (Å²) < 4.78 is 6.71. The van der Waals surface area contributed by atoms with E-state index in [0.717, 1.165) is 32.5 Å². The molecule has 6 nitrogen and oxygen atoms in total. The van der Waals surface area contributed by atoms with Gasteiger partial charge in [-0.2, -0.15) is 0 Å². The standard InChI is InChI=1S/C17H22ClN3O3/c1-2-8-20(13-5-7-19-11-13)16(22)6-9-21-14-4-3-12(18)10-15(14)24-17(21)23/h3-4,10,13,19H,2,5-9,11H2,1H3. The van der Waals surface area contributed by atoms with Gasteiger partial charge in [0.2, 0.25) is 5.91 Å². The fourth-order valence-electron chi connectivity index (χ4n) is 3.26. The topological polar surface area (TPSA) is 67.5 Å². The molecule has 0 saturated carbocycles. The highest BCUT2D eigenvalue weighted by molar-refractivity contribution is 6.31. The zero-order chi connectivity index (χ0) is 17.1. The normalized spacial score (nSPS) is 17.5. The van der Waals surface area contributed by atoms with Gasteiger partial charge in [-0.3, -0.25) is 9.36 Å². The number of carbonyl (C=O) groups is 1. The molecule has 1 atom stereocenters. The molecule has 1 unspecified atom stereocenters. The molecule has 1 aromatic heterocycles. The van der Waals surface area contributed by atoms with Crippen LogP contribution in [0.25, 0.3) is 11.1 Å². The van der Waals surface area contributed by atoms with Crippen LogP contribution in [0, 0.1) is 0 Å². The summed E-state index contributed by atoms with van der Waals surface area (Å²) in [4.78, 5) is 26.6. The van der Waals surface area contributed by atoms with Crippen LogP contribution in [0.5, 0.6) is 0 Å². The summed E-state index contributed by atoms with van der Waals surface area (Å²) >= 11 is 5.92. The molecule has 0 aliphatic carbocycles. The van der Waals surface area contributed by atoms with Crippen molar-refractivity contribution in [2.75, 3.05) is 19.6 Å². The molecule has 1 saturated heterocycles. The number of amides is 1. The van der Waals surface area contributed by atoms with Crippen molar-refractivity contribution in [3.63, 3.8) is 0 Å². The van der Waals surface area contributed by atoms with Gasteiger partial charge in [0.15, 0.2) is 5.58 Å². The minimum absolute atomic E-state index is 0.0840. The SMILES string of the molecule is CCCN(C(=O)CCn1c(=O)oc2cc(Cl)ccc21)C1CCNC1. The molecule has 3 rings (SSSR count). The number of oxazole rings is 1. The van der Waals surface area contributed by atoms with Gasteiger partial charge in [-0.1, -0.05) is 18.5 Å². The quantitative estimate of drug-likeness (QED) is 0.866. The number of benzene rings is 1. The number of hydrogen-bond acceptors (Lipinski definition) is 4. The van der Waals surface area contributed by atoms with Crippen LogP contribution >= 0.6 is 11.6 Å². The Morgan fingerprint density at radius 1 is 1.50 bits per heavy atom. The number of hydrogen-bond donors (Lipinski definition) is 1. The van der Waals surface area contributed by atoms with Crippen molar-refractivity contribution in [1.29, 1.82) is 0 Å². The lowest BCUT2D eigenvalue weighted by molar-refractivity contribution is -0.133. The van der Waals surface area contributed by atoms with Crippen molar-refractivity contribution in [3.05, 3.63) is 33.8 Å². The Bertz CT molecular complexity index is 777. The Balaban J connectivity index is 1.73. The van der Waals surface area contributed by atoms with Crippen molar-refractivity contribution in [2.24, 2.45) is 0 Å². The molecule has 24 heavy (non-hydrogen) atoms. The first-order valence-corrected chi connectivity index (χ1v) is 8.77. The van der Waals surface area contributed by atoms with E-state index in [1.807, 2.05) is 4.90 Å². The average molecular weight is 352 g/mol. The van der Waals surface area contributed by atoms with Crippen LogP contribution in [0.1, 0.15) is 26.2 Å². The smallest absolute Gasteiger partial charge is 0.408 e. The monoisotopic (exact) mass is 351 g/mol. The molecule has 1 aromatic carbocycles. The van der Waals surface area contributed by atoms with Crippen LogP contribution in [0.4, 0.5) is 0 Å². The van der Waals surface area contributed by atoms with Crippen LogP contribution in [-0.4, -0.2) is 41.1 Å². The molecule has 0 spiro atoms. The molecule has 1 aliphatic rings. The Morgan fingerprint density at radius 2 is 2.33 bits per heavy atom. The Kier molecular flexibility index (Phi) is 5.26. The van der Waals surface area contributed by atoms with Gasteiger partial charge in [-0.25, -0.2) is 4.79 Å². The van der Waals surface area contributed by atoms with E-state index in [1.54, 1.807) is 18.2 Å². The van der Waals surface area contributed by atoms with Gasteiger partial charge in [0.05, 0.1) is 5.52 Å². The van der Waals surface area contributed by atoms with E-state index < -0.39 is 5.76 Å². The summed E-state index contributed by atoms with van der Waals surface area (Å²) in [6.45, 7) is 4.93. The summed E-state index contributed by atoms with van der Waals surface area (Å²) in [6, 6.07) is 5.33. The lowest BCUT2D eigenvalue weighted by atomic mass is 10.2. The molecule has 130 valence electrons. The second kappa shape index (κ2) is 7.40. The van der Waals surface area contributed by atoms with Crippen LogP contribution in [0.3, 0.4) is 0 Å². The van der Waals surface area contributed by atoms with Gasteiger partial charge in [-0.15, -0.1) is 0 Å². The van der Waals surface area contributed by atoms with E-state index in [0.29, 0.717) is 22.7 Å². The predicted molar refractivity (Wildman–Crippen MR) is 93.4 cm³/mol. The third-order valence-electron chi connectivity index (χ3n) is 4.44. The number of aromatic nitrogens is 1. The molecule has 0 bridgehead atoms. The van der Waals surface area contributed by atoms with Crippen molar-refractivity contribution in [3.8, 4) is 0 Å². The van der Waals surface area contributed by atoms with Gasteiger partial charge < -0.3 is 14.6 Å².